The molecular formula is C14H25N3O. The van der Waals surface area contributed by atoms with Gasteiger partial charge in [0.15, 0.2) is 0 Å². The quantitative estimate of drug-likeness (QED) is 0.599. The van der Waals surface area contributed by atoms with Crippen molar-refractivity contribution in [1.29, 1.82) is 0 Å². The van der Waals surface area contributed by atoms with Gasteiger partial charge in [0.1, 0.15) is 5.75 Å². The topological polar surface area (TPSA) is 50.5 Å². The summed E-state index contributed by atoms with van der Waals surface area (Å²) in [4.78, 5) is 2.16. The van der Waals surface area contributed by atoms with Crippen LogP contribution in [0.4, 0.5) is 0 Å². The van der Waals surface area contributed by atoms with Crippen molar-refractivity contribution in [3.8, 4) is 5.75 Å². The summed E-state index contributed by atoms with van der Waals surface area (Å²) < 4.78 is 5.53. The van der Waals surface area contributed by atoms with Crippen LogP contribution in [-0.4, -0.2) is 31.1 Å². The van der Waals surface area contributed by atoms with Crippen LogP contribution >= 0.6 is 0 Å². The van der Waals surface area contributed by atoms with Gasteiger partial charge in [-0.3, -0.25) is 11.3 Å². The zero-order valence-corrected chi connectivity index (χ0v) is 12.0. The van der Waals surface area contributed by atoms with E-state index in [1.807, 2.05) is 25.1 Å². The van der Waals surface area contributed by atoms with E-state index in [2.05, 4.69) is 44.3 Å². The summed E-state index contributed by atoms with van der Waals surface area (Å²) in [6.07, 6.45) is 0. The van der Waals surface area contributed by atoms with Crippen molar-refractivity contribution < 1.29 is 4.74 Å². The molecule has 0 aromatic heterocycles. The Morgan fingerprint density at radius 3 is 2.56 bits per heavy atom. The first kappa shape index (κ1) is 15.0. The molecule has 0 amide bonds. The van der Waals surface area contributed by atoms with Crippen molar-refractivity contribution in [1.82, 2.24) is 10.3 Å². The smallest absolute Gasteiger partial charge is 0.119 e. The number of ether oxygens (including phenoxy) is 1. The molecule has 0 aliphatic rings. The molecule has 1 aromatic carbocycles. The second kappa shape index (κ2) is 6.18. The number of benzene rings is 1. The molecule has 0 fully saturated rings. The maximum Gasteiger partial charge on any atom is 0.119 e. The van der Waals surface area contributed by atoms with E-state index in [1.54, 1.807) is 0 Å². The van der Waals surface area contributed by atoms with Gasteiger partial charge in [0, 0.05) is 5.54 Å². The van der Waals surface area contributed by atoms with Gasteiger partial charge in [-0.25, -0.2) is 0 Å². The maximum atomic E-state index is 5.74. The third-order valence-electron chi connectivity index (χ3n) is 3.53. The fraction of sp³-hybridized carbons (Fsp3) is 0.571. The zero-order valence-electron chi connectivity index (χ0n) is 12.0. The molecule has 0 bridgehead atoms. The van der Waals surface area contributed by atoms with Crippen molar-refractivity contribution in [3.63, 3.8) is 0 Å². The van der Waals surface area contributed by atoms with Crippen LogP contribution in [0, 0.1) is 0 Å². The molecule has 0 saturated carbocycles. The molecule has 0 radical (unpaired) electrons. The minimum absolute atomic E-state index is 0.0351. The Kier molecular flexibility index (Phi) is 5.14. The molecule has 0 aliphatic carbocycles. The van der Waals surface area contributed by atoms with E-state index in [9.17, 15) is 0 Å². The van der Waals surface area contributed by atoms with Gasteiger partial charge in [-0.2, -0.15) is 0 Å². The maximum absolute atomic E-state index is 5.74. The van der Waals surface area contributed by atoms with Crippen molar-refractivity contribution >= 4 is 0 Å². The van der Waals surface area contributed by atoms with Crippen LogP contribution in [0.2, 0.25) is 0 Å². The molecule has 102 valence electrons. The number of nitrogens with two attached hydrogens (primary N) is 1. The molecule has 1 atom stereocenters. The van der Waals surface area contributed by atoms with Crippen molar-refractivity contribution in [3.05, 3.63) is 29.8 Å². The summed E-state index contributed by atoms with van der Waals surface area (Å²) >= 11 is 0. The molecule has 1 rings (SSSR count). The average Bonchev–Trinajstić information content (AvgIpc) is 2.30. The van der Waals surface area contributed by atoms with Gasteiger partial charge in [0.2, 0.25) is 0 Å². The van der Waals surface area contributed by atoms with E-state index in [0.717, 1.165) is 11.3 Å². The van der Waals surface area contributed by atoms with Crippen LogP contribution in [-0.2, 0) is 0 Å². The molecule has 1 aromatic rings. The second-order valence-corrected chi connectivity index (χ2v) is 5.15. The predicted molar refractivity (Wildman–Crippen MR) is 75.4 cm³/mol. The van der Waals surface area contributed by atoms with Crippen LogP contribution in [0.5, 0.6) is 5.75 Å². The number of hydrogen-bond acceptors (Lipinski definition) is 4. The molecule has 0 saturated heterocycles. The first-order valence-electron chi connectivity index (χ1n) is 6.29. The Balaban J connectivity index is 3.05. The number of nitrogens with zero attached hydrogens (tertiary/aromatic N) is 1. The van der Waals surface area contributed by atoms with Crippen molar-refractivity contribution in [2.45, 2.75) is 32.4 Å². The van der Waals surface area contributed by atoms with E-state index in [-0.39, 0.29) is 11.6 Å². The largest absolute Gasteiger partial charge is 0.494 e. The lowest BCUT2D eigenvalue weighted by atomic mass is 9.88. The standard InChI is InChI=1S/C14H25N3O/c1-6-18-12-9-7-8-11(10-12)13(16-15)14(2,3)17(4)5/h7-10,13,16H,6,15H2,1-5H3. The normalized spacial score (nSPS) is 13.7. The van der Waals surface area contributed by atoms with Crippen LogP contribution < -0.4 is 16.0 Å². The molecule has 18 heavy (non-hydrogen) atoms. The van der Waals surface area contributed by atoms with Gasteiger partial charge in [-0.15, -0.1) is 0 Å². The van der Waals surface area contributed by atoms with Gasteiger partial charge < -0.3 is 9.64 Å². The van der Waals surface area contributed by atoms with E-state index < -0.39 is 0 Å². The summed E-state index contributed by atoms with van der Waals surface area (Å²) in [5, 5.41) is 0. The number of rotatable bonds is 6. The van der Waals surface area contributed by atoms with Gasteiger partial charge in [0.05, 0.1) is 12.6 Å². The molecular weight excluding hydrogens is 226 g/mol. The SMILES string of the molecule is CCOc1cccc(C(NN)C(C)(C)N(C)C)c1. The second-order valence-electron chi connectivity index (χ2n) is 5.15. The van der Waals surface area contributed by atoms with Crippen LogP contribution in [0.15, 0.2) is 24.3 Å². The molecule has 4 nitrogen and oxygen atoms in total. The lowest BCUT2D eigenvalue weighted by Gasteiger charge is -2.40. The zero-order chi connectivity index (χ0) is 13.8. The summed E-state index contributed by atoms with van der Waals surface area (Å²) in [7, 11) is 4.10. The van der Waals surface area contributed by atoms with E-state index in [4.69, 9.17) is 10.6 Å². The minimum atomic E-state index is -0.0976. The molecule has 0 heterocycles. The van der Waals surface area contributed by atoms with Crippen molar-refractivity contribution in [2.75, 3.05) is 20.7 Å². The highest BCUT2D eigenvalue weighted by atomic mass is 16.5. The fourth-order valence-electron chi connectivity index (χ4n) is 1.92. The monoisotopic (exact) mass is 251 g/mol. The number of likely N-dealkylation sites (N-methyl/N-ethyl adjacent to an activating group) is 1. The fourth-order valence-corrected chi connectivity index (χ4v) is 1.92. The number of hydrogen-bond donors (Lipinski definition) is 2. The minimum Gasteiger partial charge on any atom is -0.494 e. The lowest BCUT2D eigenvalue weighted by Crippen LogP contribution is -2.51. The van der Waals surface area contributed by atoms with Crippen molar-refractivity contribution in [2.24, 2.45) is 5.84 Å². The Hall–Kier alpha value is -1.10. The summed E-state index contributed by atoms with van der Waals surface area (Å²) in [5.41, 5.74) is 3.94. The van der Waals surface area contributed by atoms with Gasteiger partial charge in [0.25, 0.3) is 0 Å². The van der Waals surface area contributed by atoms with E-state index >= 15 is 0 Å². The summed E-state index contributed by atoms with van der Waals surface area (Å²) in [5.74, 6) is 6.61. The Labute approximate surface area is 110 Å². The molecule has 0 aliphatic heterocycles. The lowest BCUT2D eigenvalue weighted by molar-refractivity contribution is 0.138. The van der Waals surface area contributed by atoms with Gasteiger partial charge in [-0.05, 0) is 52.6 Å². The predicted octanol–water partition coefficient (Wildman–Crippen LogP) is 1.93. The number of nitrogens with one attached hydrogen (secondary N) is 1. The molecule has 4 heteroatoms. The molecule has 0 spiro atoms. The third kappa shape index (κ3) is 3.22. The Morgan fingerprint density at radius 1 is 1.39 bits per heavy atom. The van der Waals surface area contributed by atoms with E-state index in [0.29, 0.717) is 6.61 Å². The highest BCUT2D eigenvalue weighted by molar-refractivity contribution is 5.32. The van der Waals surface area contributed by atoms with Gasteiger partial charge in [-0.1, -0.05) is 12.1 Å². The molecule has 3 N–H and O–H groups in total. The first-order valence-corrected chi connectivity index (χ1v) is 6.29. The van der Waals surface area contributed by atoms with Gasteiger partial charge >= 0.3 is 0 Å². The Bertz CT molecular complexity index is 377. The van der Waals surface area contributed by atoms with Crippen LogP contribution in [0.1, 0.15) is 32.4 Å². The molecule has 1 unspecified atom stereocenters. The average molecular weight is 251 g/mol. The highest BCUT2D eigenvalue weighted by Gasteiger charge is 2.32. The van der Waals surface area contributed by atoms with Crippen LogP contribution in [0.3, 0.4) is 0 Å². The summed E-state index contributed by atoms with van der Waals surface area (Å²) in [6, 6.07) is 8.10. The Morgan fingerprint density at radius 2 is 2.06 bits per heavy atom. The number of hydrazine groups is 1. The third-order valence-corrected chi connectivity index (χ3v) is 3.53. The van der Waals surface area contributed by atoms with Crippen LogP contribution in [0.25, 0.3) is 0 Å². The highest BCUT2D eigenvalue weighted by Crippen LogP contribution is 2.30. The summed E-state index contributed by atoms with van der Waals surface area (Å²) in [6.45, 7) is 6.96. The first-order chi connectivity index (χ1) is 8.43. The van der Waals surface area contributed by atoms with E-state index in [1.165, 1.54) is 0 Å².